The SMILES string of the molecule is Cc1cnc(CN2C[C@@H]3[C@H](CNC(=O)c4ccc(F)cc4)[C@H]4CC[C@]3(C2)O4)[nH]1. The predicted octanol–water partition coefficient (Wildman–Crippen LogP) is 2.27. The molecule has 3 fully saturated rings. The fraction of sp³-hybridized carbons (Fsp3) is 0.524. The highest BCUT2D eigenvalue weighted by atomic mass is 19.1. The number of fused-ring (bicyclic) bond motifs is 1. The van der Waals surface area contributed by atoms with E-state index in [2.05, 4.69) is 20.2 Å². The Morgan fingerprint density at radius 1 is 1.43 bits per heavy atom. The number of benzene rings is 1. The molecule has 7 heteroatoms. The number of hydrogen-bond acceptors (Lipinski definition) is 4. The maximum Gasteiger partial charge on any atom is 0.251 e. The van der Waals surface area contributed by atoms with Gasteiger partial charge in [-0.05, 0) is 44.0 Å². The fourth-order valence-electron chi connectivity index (χ4n) is 5.35. The van der Waals surface area contributed by atoms with Crippen molar-refractivity contribution in [2.24, 2.45) is 11.8 Å². The van der Waals surface area contributed by atoms with Crippen LogP contribution in [-0.4, -0.2) is 52.1 Å². The van der Waals surface area contributed by atoms with Crippen molar-refractivity contribution in [3.05, 3.63) is 53.4 Å². The van der Waals surface area contributed by atoms with Gasteiger partial charge in [0.25, 0.3) is 5.91 Å². The van der Waals surface area contributed by atoms with E-state index in [1.54, 1.807) is 0 Å². The highest BCUT2D eigenvalue weighted by Gasteiger charge is 2.62. The first-order valence-electron chi connectivity index (χ1n) is 9.97. The molecule has 1 aromatic carbocycles. The highest BCUT2D eigenvalue weighted by Crippen LogP contribution is 2.54. The highest BCUT2D eigenvalue weighted by molar-refractivity contribution is 5.94. The molecule has 28 heavy (non-hydrogen) atoms. The molecule has 1 aromatic heterocycles. The molecule has 2 N–H and O–H groups in total. The summed E-state index contributed by atoms with van der Waals surface area (Å²) < 4.78 is 19.5. The van der Waals surface area contributed by atoms with Crippen LogP contribution in [-0.2, 0) is 11.3 Å². The molecule has 0 radical (unpaired) electrons. The first-order valence-corrected chi connectivity index (χ1v) is 9.97. The zero-order chi connectivity index (χ0) is 19.3. The summed E-state index contributed by atoms with van der Waals surface area (Å²) >= 11 is 0. The molecular formula is C21H25FN4O2. The molecule has 3 saturated heterocycles. The molecular weight excluding hydrogens is 359 g/mol. The van der Waals surface area contributed by atoms with Crippen molar-refractivity contribution in [1.29, 1.82) is 0 Å². The minimum Gasteiger partial charge on any atom is -0.370 e. The van der Waals surface area contributed by atoms with Gasteiger partial charge in [-0.15, -0.1) is 0 Å². The monoisotopic (exact) mass is 384 g/mol. The Kier molecular flexibility index (Phi) is 4.25. The molecule has 4 atom stereocenters. The number of nitrogens with one attached hydrogen (secondary N) is 2. The van der Waals surface area contributed by atoms with Crippen LogP contribution >= 0.6 is 0 Å². The first-order chi connectivity index (χ1) is 13.5. The van der Waals surface area contributed by atoms with Crippen LogP contribution in [0.15, 0.2) is 30.5 Å². The number of nitrogens with zero attached hydrogens (tertiary/aromatic N) is 2. The van der Waals surface area contributed by atoms with Crippen LogP contribution in [0, 0.1) is 24.6 Å². The molecule has 2 bridgehead atoms. The van der Waals surface area contributed by atoms with Gasteiger partial charge in [0, 0.05) is 48.9 Å². The second-order valence-corrected chi connectivity index (χ2v) is 8.43. The number of aryl methyl sites for hydroxylation is 1. The molecule has 0 saturated carbocycles. The lowest BCUT2D eigenvalue weighted by Gasteiger charge is -2.29. The molecule has 3 aliphatic heterocycles. The molecule has 0 aliphatic carbocycles. The van der Waals surface area contributed by atoms with Crippen molar-refractivity contribution in [3.63, 3.8) is 0 Å². The normalized spacial score (nSPS) is 31.3. The second kappa shape index (κ2) is 6.67. The Morgan fingerprint density at radius 2 is 2.25 bits per heavy atom. The summed E-state index contributed by atoms with van der Waals surface area (Å²) in [6.07, 6.45) is 4.24. The van der Waals surface area contributed by atoms with Crippen molar-refractivity contribution in [2.75, 3.05) is 19.6 Å². The summed E-state index contributed by atoms with van der Waals surface area (Å²) in [5.74, 6) is 1.25. The second-order valence-electron chi connectivity index (χ2n) is 8.43. The van der Waals surface area contributed by atoms with Gasteiger partial charge < -0.3 is 15.0 Å². The predicted molar refractivity (Wildman–Crippen MR) is 101 cm³/mol. The quantitative estimate of drug-likeness (QED) is 0.830. The Labute approximate surface area is 163 Å². The zero-order valence-electron chi connectivity index (χ0n) is 16.0. The third-order valence-electron chi connectivity index (χ3n) is 6.59. The Morgan fingerprint density at radius 3 is 3.00 bits per heavy atom. The van der Waals surface area contributed by atoms with E-state index in [9.17, 15) is 9.18 Å². The number of ether oxygens (including phenoxy) is 1. The number of likely N-dealkylation sites (tertiary alicyclic amines) is 1. The lowest BCUT2D eigenvalue weighted by molar-refractivity contribution is 0.00196. The average Bonchev–Trinajstić information content (AvgIpc) is 3.41. The number of amides is 1. The van der Waals surface area contributed by atoms with Crippen LogP contribution in [0.1, 0.15) is 34.7 Å². The van der Waals surface area contributed by atoms with Crippen LogP contribution in [0.3, 0.4) is 0 Å². The standard InChI is InChI=1S/C21H25FN4O2/c1-13-8-23-19(25-13)11-26-10-17-16(18-6-7-21(17,12-26)28-18)9-24-20(27)14-2-4-15(22)5-3-14/h2-5,8,16-18H,6-7,9-12H2,1H3,(H,23,25)(H,24,27)/t16-,17+,18+,21+/m0/s1. The third kappa shape index (κ3) is 3.02. The summed E-state index contributed by atoms with van der Waals surface area (Å²) in [4.78, 5) is 22.6. The number of imidazole rings is 1. The van der Waals surface area contributed by atoms with Crippen molar-refractivity contribution in [2.45, 2.75) is 38.0 Å². The molecule has 1 amide bonds. The van der Waals surface area contributed by atoms with Crippen molar-refractivity contribution in [3.8, 4) is 0 Å². The van der Waals surface area contributed by atoms with Crippen LogP contribution < -0.4 is 5.32 Å². The molecule has 2 aromatic rings. The van der Waals surface area contributed by atoms with Gasteiger partial charge in [0.1, 0.15) is 11.6 Å². The van der Waals surface area contributed by atoms with E-state index in [4.69, 9.17) is 4.74 Å². The maximum atomic E-state index is 13.1. The number of rotatable bonds is 5. The van der Waals surface area contributed by atoms with Gasteiger partial charge in [0.05, 0.1) is 18.2 Å². The number of carbonyl (C=O) groups excluding carboxylic acids is 1. The van der Waals surface area contributed by atoms with E-state index in [0.717, 1.165) is 44.0 Å². The number of H-pyrrole nitrogens is 1. The van der Waals surface area contributed by atoms with E-state index in [0.29, 0.717) is 23.9 Å². The molecule has 4 heterocycles. The number of aromatic nitrogens is 2. The van der Waals surface area contributed by atoms with Gasteiger partial charge in [-0.2, -0.15) is 0 Å². The van der Waals surface area contributed by atoms with Crippen LogP contribution in [0.4, 0.5) is 4.39 Å². The van der Waals surface area contributed by atoms with Crippen molar-refractivity contribution >= 4 is 5.91 Å². The van der Waals surface area contributed by atoms with E-state index >= 15 is 0 Å². The summed E-state index contributed by atoms with van der Waals surface area (Å²) in [5, 5.41) is 3.04. The maximum absolute atomic E-state index is 13.1. The molecule has 5 rings (SSSR count). The van der Waals surface area contributed by atoms with Gasteiger partial charge in [-0.1, -0.05) is 0 Å². The van der Waals surface area contributed by atoms with Gasteiger partial charge in [-0.25, -0.2) is 9.37 Å². The largest absolute Gasteiger partial charge is 0.370 e. The van der Waals surface area contributed by atoms with Gasteiger partial charge in [0.2, 0.25) is 0 Å². The van der Waals surface area contributed by atoms with Gasteiger partial charge in [-0.3, -0.25) is 9.69 Å². The Balaban J connectivity index is 1.24. The Bertz CT molecular complexity index is 883. The summed E-state index contributed by atoms with van der Waals surface area (Å²) in [6, 6.07) is 5.67. The number of hydrogen-bond donors (Lipinski definition) is 2. The number of halogens is 1. The summed E-state index contributed by atoms with van der Waals surface area (Å²) in [6.45, 7) is 5.30. The van der Waals surface area contributed by atoms with Crippen molar-refractivity contribution < 1.29 is 13.9 Å². The first kappa shape index (κ1) is 17.8. The molecule has 3 aliphatic rings. The minimum atomic E-state index is -0.335. The average molecular weight is 384 g/mol. The smallest absolute Gasteiger partial charge is 0.251 e. The lowest BCUT2D eigenvalue weighted by atomic mass is 9.73. The van der Waals surface area contributed by atoms with Crippen molar-refractivity contribution in [1.82, 2.24) is 20.2 Å². The van der Waals surface area contributed by atoms with E-state index in [1.807, 2.05) is 13.1 Å². The third-order valence-corrected chi connectivity index (χ3v) is 6.59. The van der Waals surface area contributed by atoms with Crippen LogP contribution in [0.2, 0.25) is 0 Å². The summed E-state index contributed by atoms with van der Waals surface area (Å²) in [7, 11) is 0. The van der Waals surface area contributed by atoms with E-state index < -0.39 is 0 Å². The Hall–Kier alpha value is -2.25. The molecule has 0 unspecified atom stereocenters. The molecule has 148 valence electrons. The van der Waals surface area contributed by atoms with Gasteiger partial charge in [0.15, 0.2) is 0 Å². The van der Waals surface area contributed by atoms with Crippen LogP contribution in [0.5, 0.6) is 0 Å². The zero-order valence-corrected chi connectivity index (χ0v) is 16.0. The number of carbonyl (C=O) groups is 1. The number of aromatic amines is 1. The van der Waals surface area contributed by atoms with Crippen LogP contribution in [0.25, 0.3) is 0 Å². The van der Waals surface area contributed by atoms with E-state index in [-0.39, 0.29) is 23.4 Å². The lowest BCUT2D eigenvalue weighted by Crippen LogP contribution is -2.41. The fourth-order valence-corrected chi connectivity index (χ4v) is 5.35. The van der Waals surface area contributed by atoms with Gasteiger partial charge >= 0.3 is 0 Å². The summed E-state index contributed by atoms with van der Waals surface area (Å²) in [5.41, 5.74) is 1.49. The molecule has 1 spiro atoms. The minimum absolute atomic E-state index is 0.0719. The topological polar surface area (TPSA) is 70.2 Å². The molecule has 6 nitrogen and oxygen atoms in total. The van der Waals surface area contributed by atoms with E-state index in [1.165, 1.54) is 24.3 Å².